The van der Waals surface area contributed by atoms with Crippen molar-refractivity contribution in [2.24, 2.45) is 0 Å². The van der Waals surface area contributed by atoms with Gasteiger partial charge in [-0.3, -0.25) is 4.72 Å². The van der Waals surface area contributed by atoms with Gasteiger partial charge in [0.05, 0.1) is 17.5 Å². The zero-order chi connectivity index (χ0) is 12.5. The summed E-state index contributed by atoms with van der Waals surface area (Å²) in [7, 11) is -3.34. The summed E-state index contributed by atoms with van der Waals surface area (Å²) in [5, 5.41) is 3.67. The van der Waals surface area contributed by atoms with Crippen LogP contribution in [0.25, 0.3) is 11.5 Å². The topological polar surface area (TPSA) is 85.1 Å². The third kappa shape index (κ3) is 2.82. The van der Waals surface area contributed by atoms with Gasteiger partial charge in [0.15, 0.2) is 5.82 Å². The minimum Gasteiger partial charge on any atom is -0.334 e. The van der Waals surface area contributed by atoms with Gasteiger partial charge >= 0.3 is 0 Å². The maximum atomic E-state index is 11.2. The highest BCUT2D eigenvalue weighted by Crippen LogP contribution is 2.26. The second-order valence-corrected chi connectivity index (χ2v) is 5.32. The van der Waals surface area contributed by atoms with Crippen LogP contribution in [-0.4, -0.2) is 24.8 Å². The van der Waals surface area contributed by atoms with Crippen molar-refractivity contribution in [3.05, 3.63) is 30.1 Å². The van der Waals surface area contributed by atoms with Gasteiger partial charge in [-0.25, -0.2) is 8.42 Å². The van der Waals surface area contributed by atoms with E-state index in [0.29, 0.717) is 17.1 Å². The maximum absolute atomic E-state index is 11.2. The molecule has 0 aliphatic rings. The summed E-state index contributed by atoms with van der Waals surface area (Å²) in [6.45, 7) is 1.69. The molecule has 2 aromatic rings. The van der Waals surface area contributed by atoms with Gasteiger partial charge < -0.3 is 4.52 Å². The quantitative estimate of drug-likeness (QED) is 0.894. The second-order valence-electron chi connectivity index (χ2n) is 3.57. The minimum atomic E-state index is -3.34. The average molecular weight is 253 g/mol. The zero-order valence-electron chi connectivity index (χ0n) is 9.34. The summed E-state index contributed by atoms with van der Waals surface area (Å²) in [5.74, 6) is 0.781. The number of rotatable bonds is 3. The summed E-state index contributed by atoms with van der Waals surface area (Å²) in [5.41, 5.74) is 0.970. The number of para-hydroxylation sites is 1. The smallest absolute Gasteiger partial charge is 0.260 e. The van der Waals surface area contributed by atoms with Gasteiger partial charge in [0.1, 0.15) is 0 Å². The Morgan fingerprint density at radius 2 is 2.00 bits per heavy atom. The fraction of sp³-hybridized carbons (Fsp3) is 0.200. The van der Waals surface area contributed by atoms with Gasteiger partial charge in [-0.15, -0.1) is 0 Å². The first kappa shape index (κ1) is 11.6. The van der Waals surface area contributed by atoms with Crippen molar-refractivity contribution in [1.29, 1.82) is 0 Å². The zero-order valence-corrected chi connectivity index (χ0v) is 10.2. The molecule has 0 aliphatic heterocycles. The summed E-state index contributed by atoms with van der Waals surface area (Å²) < 4.78 is 29.8. The number of hydrogen-bond donors (Lipinski definition) is 1. The van der Waals surface area contributed by atoms with E-state index in [1.54, 1.807) is 31.2 Å². The lowest BCUT2D eigenvalue weighted by Crippen LogP contribution is -2.10. The highest BCUT2D eigenvalue weighted by Gasteiger charge is 2.13. The van der Waals surface area contributed by atoms with Crippen molar-refractivity contribution < 1.29 is 12.9 Å². The van der Waals surface area contributed by atoms with Crippen LogP contribution in [0.2, 0.25) is 0 Å². The Kier molecular flexibility index (Phi) is 2.84. The van der Waals surface area contributed by atoms with Crippen LogP contribution in [0.1, 0.15) is 5.82 Å². The molecule has 17 heavy (non-hydrogen) atoms. The van der Waals surface area contributed by atoms with Crippen LogP contribution in [0.3, 0.4) is 0 Å². The molecular formula is C10H11N3O3S. The van der Waals surface area contributed by atoms with E-state index in [1.165, 1.54) is 0 Å². The molecule has 2 rings (SSSR count). The molecule has 1 heterocycles. The second kappa shape index (κ2) is 4.17. The van der Waals surface area contributed by atoms with Crippen LogP contribution in [-0.2, 0) is 10.0 Å². The van der Waals surface area contributed by atoms with Gasteiger partial charge in [-0.05, 0) is 19.1 Å². The van der Waals surface area contributed by atoms with Crippen molar-refractivity contribution in [3.63, 3.8) is 0 Å². The molecule has 0 saturated heterocycles. The molecule has 0 atom stereocenters. The van der Waals surface area contributed by atoms with E-state index < -0.39 is 10.0 Å². The van der Waals surface area contributed by atoms with E-state index in [2.05, 4.69) is 14.9 Å². The van der Waals surface area contributed by atoms with Gasteiger partial charge in [-0.1, -0.05) is 17.3 Å². The molecule has 0 spiro atoms. The number of nitrogens with zero attached hydrogens (tertiary/aromatic N) is 2. The predicted molar refractivity (Wildman–Crippen MR) is 62.9 cm³/mol. The molecule has 0 bridgehead atoms. The Hall–Kier alpha value is -1.89. The van der Waals surface area contributed by atoms with E-state index in [-0.39, 0.29) is 5.89 Å². The van der Waals surface area contributed by atoms with Crippen molar-refractivity contribution in [2.45, 2.75) is 6.92 Å². The molecule has 6 nitrogen and oxygen atoms in total. The van der Waals surface area contributed by atoms with Crippen LogP contribution < -0.4 is 4.72 Å². The molecule has 1 N–H and O–H groups in total. The molecule has 1 aromatic carbocycles. The molecule has 0 saturated carbocycles. The third-order valence-corrected chi connectivity index (χ3v) is 2.57. The van der Waals surface area contributed by atoms with Crippen molar-refractivity contribution in [3.8, 4) is 11.5 Å². The number of aryl methyl sites for hydroxylation is 1. The molecule has 0 aliphatic carbocycles. The highest BCUT2D eigenvalue weighted by molar-refractivity contribution is 7.92. The SMILES string of the molecule is Cc1noc(-c2ccccc2NS(C)(=O)=O)n1. The van der Waals surface area contributed by atoms with Crippen LogP contribution in [0.4, 0.5) is 5.69 Å². The van der Waals surface area contributed by atoms with E-state index in [1.807, 2.05) is 0 Å². The van der Waals surface area contributed by atoms with Gasteiger partial charge in [0.25, 0.3) is 5.89 Å². The normalized spacial score (nSPS) is 11.4. The van der Waals surface area contributed by atoms with E-state index in [0.717, 1.165) is 6.26 Å². The predicted octanol–water partition coefficient (Wildman–Crippen LogP) is 1.42. The lowest BCUT2D eigenvalue weighted by Gasteiger charge is -2.06. The van der Waals surface area contributed by atoms with Crippen LogP contribution in [0.5, 0.6) is 0 Å². The number of nitrogens with one attached hydrogen (secondary N) is 1. The van der Waals surface area contributed by atoms with Crippen LogP contribution in [0, 0.1) is 6.92 Å². The Morgan fingerprint density at radius 1 is 1.29 bits per heavy atom. The molecule has 0 fully saturated rings. The lowest BCUT2D eigenvalue weighted by molar-refractivity contribution is 0.426. The first-order valence-corrected chi connectivity index (χ1v) is 6.72. The number of aromatic nitrogens is 2. The summed E-state index contributed by atoms with van der Waals surface area (Å²) >= 11 is 0. The fourth-order valence-corrected chi connectivity index (χ4v) is 1.94. The Labute approximate surface area is 98.7 Å². The minimum absolute atomic E-state index is 0.286. The Bertz CT molecular complexity index is 634. The summed E-state index contributed by atoms with van der Waals surface area (Å²) in [4.78, 5) is 4.06. The van der Waals surface area contributed by atoms with Crippen LogP contribution >= 0.6 is 0 Å². The monoisotopic (exact) mass is 253 g/mol. The third-order valence-electron chi connectivity index (χ3n) is 1.98. The first-order valence-electron chi connectivity index (χ1n) is 4.83. The average Bonchev–Trinajstić information content (AvgIpc) is 2.63. The molecule has 0 radical (unpaired) electrons. The van der Waals surface area contributed by atoms with Crippen LogP contribution in [0.15, 0.2) is 28.8 Å². The molecule has 0 unspecified atom stereocenters. The van der Waals surface area contributed by atoms with Gasteiger partial charge in [0.2, 0.25) is 10.0 Å². The van der Waals surface area contributed by atoms with E-state index >= 15 is 0 Å². The Morgan fingerprint density at radius 3 is 2.59 bits per heavy atom. The standard InChI is InChI=1S/C10H11N3O3S/c1-7-11-10(16-12-7)8-5-3-4-6-9(8)13-17(2,14)15/h3-6,13H,1-2H3. The lowest BCUT2D eigenvalue weighted by atomic mass is 10.2. The van der Waals surface area contributed by atoms with Crippen molar-refractivity contribution in [2.75, 3.05) is 11.0 Å². The molecule has 90 valence electrons. The van der Waals surface area contributed by atoms with E-state index in [9.17, 15) is 8.42 Å². The molecule has 0 amide bonds. The number of hydrogen-bond acceptors (Lipinski definition) is 5. The highest BCUT2D eigenvalue weighted by atomic mass is 32.2. The maximum Gasteiger partial charge on any atom is 0.260 e. The Balaban J connectivity index is 2.48. The molecule has 7 heteroatoms. The summed E-state index contributed by atoms with van der Waals surface area (Å²) in [6, 6.07) is 6.83. The van der Waals surface area contributed by atoms with Crippen molar-refractivity contribution in [1.82, 2.24) is 10.1 Å². The summed E-state index contributed by atoms with van der Waals surface area (Å²) in [6.07, 6.45) is 1.09. The number of anilines is 1. The molecular weight excluding hydrogens is 242 g/mol. The number of sulfonamides is 1. The first-order chi connectivity index (χ1) is 7.96. The fourth-order valence-electron chi connectivity index (χ4n) is 1.36. The molecule has 1 aromatic heterocycles. The number of benzene rings is 1. The van der Waals surface area contributed by atoms with Gasteiger partial charge in [0, 0.05) is 0 Å². The largest absolute Gasteiger partial charge is 0.334 e. The van der Waals surface area contributed by atoms with Gasteiger partial charge in [-0.2, -0.15) is 4.98 Å². The van der Waals surface area contributed by atoms with E-state index in [4.69, 9.17) is 4.52 Å². The van der Waals surface area contributed by atoms with Crippen molar-refractivity contribution >= 4 is 15.7 Å².